The van der Waals surface area contributed by atoms with E-state index in [1.54, 1.807) is 16.8 Å². The number of hydrogen-bond acceptors (Lipinski definition) is 4. The molecule has 0 radical (unpaired) electrons. The van der Waals surface area contributed by atoms with Crippen LogP contribution in [0.25, 0.3) is 11.0 Å². The molecule has 0 N–H and O–H groups in total. The molecule has 0 fully saturated rings. The molecule has 1 aromatic heterocycles. The number of aromatic nitrogens is 3. The van der Waals surface area contributed by atoms with Gasteiger partial charge in [0.05, 0.1) is 11.1 Å². The molecule has 2 aromatic carbocycles. The van der Waals surface area contributed by atoms with Crippen molar-refractivity contribution < 1.29 is 9.53 Å². The van der Waals surface area contributed by atoms with Gasteiger partial charge in [-0.25, -0.2) is 4.68 Å². The van der Waals surface area contributed by atoms with E-state index in [1.165, 1.54) is 0 Å². The topological polar surface area (TPSA) is 57.0 Å². The van der Waals surface area contributed by atoms with E-state index < -0.39 is 0 Å². The number of fused-ring (bicyclic) bond motifs is 1. The molecule has 5 heteroatoms. The van der Waals surface area contributed by atoms with Gasteiger partial charge in [-0.3, -0.25) is 4.79 Å². The molecule has 0 aliphatic rings. The molecule has 0 aliphatic heterocycles. The van der Waals surface area contributed by atoms with Gasteiger partial charge in [0.1, 0.15) is 11.3 Å². The standard InChI is InChI=1S/C15H13N3O2/c1-11-6-7-15(12(8-11)9-19)20-10-18-14-5-3-2-4-13(14)16-17-18/h2-9H,10H2,1H3. The van der Waals surface area contributed by atoms with E-state index in [-0.39, 0.29) is 6.73 Å². The highest BCUT2D eigenvalue weighted by Crippen LogP contribution is 2.19. The zero-order valence-corrected chi connectivity index (χ0v) is 11.0. The van der Waals surface area contributed by atoms with Crippen molar-refractivity contribution in [2.45, 2.75) is 13.7 Å². The number of carbonyl (C=O) groups is 1. The van der Waals surface area contributed by atoms with E-state index in [9.17, 15) is 4.79 Å². The second kappa shape index (κ2) is 5.13. The lowest BCUT2D eigenvalue weighted by molar-refractivity contribution is 0.111. The molecule has 100 valence electrons. The Bertz CT molecular complexity index is 765. The quantitative estimate of drug-likeness (QED) is 0.682. The van der Waals surface area contributed by atoms with Crippen LogP contribution in [-0.2, 0) is 6.73 Å². The van der Waals surface area contributed by atoms with E-state index >= 15 is 0 Å². The Kier molecular flexibility index (Phi) is 3.16. The van der Waals surface area contributed by atoms with Crippen molar-refractivity contribution in [3.63, 3.8) is 0 Å². The fraction of sp³-hybridized carbons (Fsp3) is 0.133. The van der Waals surface area contributed by atoms with Gasteiger partial charge in [0.25, 0.3) is 0 Å². The van der Waals surface area contributed by atoms with Crippen molar-refractivity contribution >= 4 is 17.3 Å². The SMILES string of the molecule is Cc1ccc(OCn2nnc3ccccc32)c(C=O)c1. The number of hydrogen-bond donors (Lipinski definition) is 0. The predicted molar refractivity (Wildman–Crippen MR) is 74.7 cm³/mol. The monoisotopic (exact) mass is 267 g/mol. The van der Waals surface area contributed by atoms with Crippen LogP contribution in [0.2, 0.25) is 0 Å². The molecule has 20 heavy (non-hydrogen) atoms. The Balaban J connectivity index is 1.85. The fourth-order valence-corrected chi connectivity index (χ4v) is 2.03. The van der Waals surface area contributed by atoms with Crippen LogP contribution in [0.5, 0.6) is 5.75 Å². The van der Waals surface area contributed by atoms with Gasteiger partial charge in [0.15, 0.2) is 13.0 Å². The molecule has 0 spiro atoms. The molecule has 3 aromatic rings. The Labute approximate surface area is 115 Å². The summed E-state index contributed by atoms with van der Waals surface area (Å²) in [6.45, 7) is 2.14. The van der Waals surface area contributed by atoms with Gasteiger partial charge in [-0.1, -0.05) is 29.0 Å². The maximum Gasteiger partial charge on any atom is 0.183 e. The number of nitrogens with zero attached hydrogens (tertiary/aromatic N) is 3. The third-order valence-electron chi connectivity index (χ3n) is 3.05. The van der Waals surface area contributed by atoms with E-state index in [0.717, 1.165) is 22.9 Å². The van der Waals surface area contributed by atoms with Crippen molar-refractivity contribution in [3.05, 3.63) is 53.6 Å². The van der Waals surface area contributed by atoms with Crippen molar-refractivity contribution in [2.75, 3.05) is 0 Å². The summed E-state index contributed by atoms with van der Waals surface area (Å²) in [4.78, 5) is 11.0. The highest BCUT2D eigenvalue weighted by Gasteiger charge is 2.06. The molecular weight excluding hydrogens is 254 g/mol. The van der Waals surface area contributed by atoms with Crippen LogP contribution >= 0.6 is 0 Å². The molecule has 3 rings (SSSR count). The maximum absolute atomic E-state index is 11.0. The second-order valence-electron chi connectivity index (χ2n) is 4.51. The summed E-state index contributed by atoms with van der Waals surface area (Å²) < 4.78 is 7.32. The summed E-state index contributed by atoms with van der Waals surface area (Å²) in [5.74, 6) is 0.546. The van der Waals surface area contributed by atoms with Crippen LogP contribution in [-0.4, -0.2) is 21.3 Å². The summed E-state index contributed by atoms with van der Waals surface area (Å²) >= 11 is 0. The molecule has 0 unspecified atom stereocenters. The van der Waals surface area contributed by atoms with Crippen molar-refractivity contribution in [3.8, 4) is 5.75 Å². The highest BCUT2D eigenvalue weighted by atomic mass is 16.5. The lowest BCUT2D eigenvalue weighted by Crippen LogP contribution is -2.08. The maximum atomic E-state index is 11.0. The van der Waals surface area contributed by atoms with Crippen LogP contribution in [0.1, 0.15) is 15.9 Å². The first kappa shape index (κ1) is 12.3. The molecule has 0 atom stereocenters. The lowest BCUT2D eigenvalue weighted by atomic mass is 10.1. The van der Waals surface area contributed by atoms with E-state index in [1.807, 2.05) is 37.3 Å². The van der Waals surface area contributed by atoms with Crippen LogP contribution in [0.3, 0.4) is 0 Å². The van der Waals surface area contributed by atoms with Crippen LogP contribution < -0.4 is 4.74 Å². The van der Waals surface area contributed by atoms with Crippen molar-refractivity contribution in [1.82, 2.24) is 15.0 Å². The van der Waals surface area contributed by atoms with Crippen LogP contribution in [0.15, 0.2) is 42.5 Å². The summed E-state index contributed by atoms with van der Waals surface area (Å²) in [7, 11) is 0. The second-order valence-corrected chi connectivity index (χ2v) is 4.51. The van der Waals surface area contributed by atoms with Gasteiger partial charge in [0.2, 0.25) is 0 Å². The lowest BCUT2D eigenvalue weighted by Gasteiger charge is -2.09. The smallest absolute Gasteiger partial charge is 0.183 e. The van der Waals surface area contributed by atoms with Gasteiger partial charge >= 0.3 is 0 Å². The Morgan fingerprint density at radius 2 is 2.10 bits per heavy atom. The first-order valence-corrected chi connectivity index (χ1v) is 6.25. The van der Waals surface area contributed by atoms with Gasteiger partial charge < -0.3 is 4.74 Å². The predicted octanol–water partition coefficient (Wildman–Crippen LogP) is 2.59. The number of carbonyl (C=O) groups excluding carboxylic acids is 1. The molecule has 5 nitrogen and oxygen atoms in total. The summed E-state index contributed by atoms with van der Waals surface area (Å²) in [6, 6.07) is 13.1. The van der Waals surface area contributed by atoms with Crippen LogP contribution in [0, 0.1) is 6.92 Å². The average Bonchev–Trinajstić information content (AvgIpc) is 2.89. The van der Waals surface area contributed by atoms with E-state index in [0.29, 0.717) is 11.3 Å². The minimum Gasteiger partial charge on any atom is -0.470 e. The Morgan fingerprint density at radius 1 is 1.25 bits per heavy atom. The zero-order valence-electron chi connectivity index (χ0n) is 11.0. The summed E-state index contributed by atoms with van der Waals surface area (Å²) in [6.07, 6.45) is 0.793. The van der Waals surface area contributed by atoms with Crippen LogP contribution in [0.4, 0.5) is 0 Å². The molecule has 0 saturated carbocycles. The van der Waals surface area contributed by atoms with E-state index in [2.05, 4.69) is 10.3 Å². The van der Waals surface area contributed by atoms with Gasteiger partial charge in [0, 0.05) is 0 Å². The molecule has 0 saturated heterocycles. The van der Waals surface area contributed by atoms with E-state index in [4.69, 9.17) is 4.74 Å². The number of rotatable bonds is 4. The molecule has 0 aliphatic carbocycles. The fourth-order valence-electron chi connectivity index (χ4n) is 2.03. The zero-order chi connectivity index (χ0) is 13.9. The molecule has 0 amide bonds. The minimum atomic E-state index is 0.213. The first-order valence-electron chi connectivity index (χ1n) is 6.25. The molecule has 1 heterocycles. The largest absolute Gasteiger partial charge is 0.470 e. The van der Waals surface area contributed by atoms with Crippen molar-refractivity contribution in [1.29, 1.82) is 0 Å². The molecular formula is C15H13N3O2. The summed E-state index contributed by atoms with van der Waals surface area (Å²) in [5, 5.41) is 8.09. The van der Waals surface area contributed by atoms with Gasteiger partial charge in [-0.15, -0.1) is 5.10 Å². The normalized spacial score (nSPS) is 10.7. The number of para-hydroxylation sites is 1. The first-order chi connectivity index (χ1) is 9.78. The number of aryl methyl sites for hydroxylation is 1. The Hall–Kier alpha value is -2.69. The number of benzene rings is 2. The Morgan fingerprint density at radius 3 is 2.95 bits per heavy atom. The third-order valence-corrected chi connectivity index (χ3v) is 3.05. The van der Waals surface area contributed by atoms with Crippen molar-refractivity contribution in [2.24, 2.45) is 0 Å². The van der Waals surface area contributed by atoms with Gasteiger partial charge in [-0.05, 0) is 31.2 Å². The number of aldehydes is 1. The third kappa shape index (κ3) is 2.25. The molecule has 0 bridgehead atoms. The average molecular weight is 267 g/mol. The summed E-state index contributed by atoms with van der Waals surface area (Å²) in [5.41, 5.74) is 3.27. The minimum absolute atomic E-state index is 0.213. The van der Waals surface area contributed by atoms with Gasteiger partial charge in [-0.2, -0.15) is 0 Å². The number of ether oxygens (including phenoxy) is 1. The highest BCUT2D eigenvalue weighted by molar-refractivity contribution is 5.79.